The van der Waals surface area contributed by atoms with Crippen molar-refractivity contribution >= 4 is 5.91 Å². The monoisotopic (exact) mass is 457 g/mol. The SMILES string of the molecule is CO[C@@H]1C[C@@H]2C[C@H](C)CC[C@]2(C)[C@H]2CC[C@]3(C)[C@@H]([C@H](C)CCC(=O)N4CCCC4)CC[C@H]3[C@H]12. The number of likely N-dealkylation sites (tertiary alicyclic amines) is 1. The number of ether oxygens (including phenoxy) is 1. The van der Waals surface area contributed by atoms with Crippen LogP contribution in [0, 0.1) is 52.3 Å². The molecule has 1 amide bonds. The Bertz CT molecular complexity index is 716. The molecular weight excluding hydrogens is 406 g/mol. The molecule has 0 aromatic carbocycles. The second kappa shape index (κ2) is 9.14. The number of carbonyl (C=O) groups excluding carboxylic acids is 1. The summed E-state index contributed by atoms with van der Waals surface area (Å²) in [6, 6.07) is 0. The molecule has 10 atom stereocenters. The van der Waals surface area contributed by atoms with E-state index in [0.29, 0.717) is 28.8 Å². The summed E-state index contributed by atoms with van der Waals surface area (Å²) < 4.78 is 6.32. The van der Waals surface area contributed by atoms with E-state index < -0.39 is 0 Å². The fourth-order valence-electron chi connectivity index (χ4n) is 10.3. The average molecular weight is 458 g/mol. The first-order valence-corrected chi connectivity index (χ1v) is 14.6. The van der Waals surface area contributed by atoms with Crippen molar-refractivity contribution in [1.82, 2.24) is 4.90 Å². The predicted molar refractivity (Wildman–Crippen MR) is 135 cm³/mol. The maximum absolute atomic E-state index is 12.7. The van der Waals surface area contributed by atoms with Gasteiger partial charge in [-0.15, -0.1) is 0 Å². The topological polar surface area (TPSA) is 29.5 Å². The molecule has 1 saturated heterocycles. The van der Waals surface area contributed by atoms with Crippen LogP contribution in [0.1, 0.15) is 105 Å². The van der Waals surface area contributed by atoms with Gasteiger partial charge in [0.25, 0.3) is 0 Å². The lowest BCUT2D eigenvalue weighted by Crippen LogP contribution is -2.58. The van der Waals surface area contributed by atoms with Crippen LogP contribution in [-0.2, 0) is 9.53 Å². The molecule has 5 fully saturated rings. The van der Waals surface area contributed by atoms with Gasteiger partial charge in [0.15, 0.2) is 0 Å². The third-order valence-electron chi connectivity index (χ3n) is 12.3. The van der Waals surface area contributed by atoms with Crippen LogP contribution in [0.5, 0.6) is 0 Å². The molecule has 0 radical (unpaired) electrons. The Morgan fingerprint density at radius 3 is 2.42 bits per heavy atom. The third-order valence-corrected chi connectivity index (χ3v) is 12.3. The summed E-state index contributed by atoms with van der Waals surface area (Å²) in [6.45, 7) is 12.3. The average Bonchev–Trinajstić information content (AvgIpc) is 3.45. The number of hydrogen-bond donors (Lipinski definition) is 0. The van der Waals surface area contributed by atoms with Crippen molar-refractivity contribution in [2.75, 3.05) is 20.2 Å². The Hall–Kier alpha value is -0.570. The maximum atomic E-state index is 12.7. The summed E-state index contributed by atoms with van der Waals surface area (Å²) in [5.41, 5.74) is 0.985. The van der Waals surface area contributed by atoms with E-state index in [1.165, 1.54) is 64.2 Å². The van der Waals surface area contributed by atoms with Gasteiger partial charge < -0.3 is 9.64 Å². The number of fused-ring (bicyclic) bond motifs is 5. The summed E-state index contributed by atoms with van der Waals surface area (Å²) in [6.07, 6.45) is 15.9. The molecule has 0 N–H and O–H groups in total. The number of rotatable bonds is 5. The lowest BCUT2D eigenvalue weighted by molar-refractivity contribution is -0.176. The number of amides is 1. The standard InChI is InChI=1S/C30H51NO2/c1-20-12-14-29(3)22(18-20)19-26(33-5)28-24-10-9-23(30(24,4)15-13-25(28)29)21(2)8-11-27(32)31-16-6-7-17-31/h20-26,28H,6-19H2,1-5H3/t20-,21-,22+,23-,24+,25+,26-,28+,29+,30-/m1/s1. The first-order chi connectivity index (χ1) is 15.8. The van der Waals surface area contributed by atoms with Gasteiger partial charge in [-0.25, -0.2) is 0 Å². The van der Waals surface area contributed by atoms with Gasteiger partial charge in [-0.3, -0.25) is 4.79 Å². The highest BCUT2D eigenvalue weighted by Gasteiger charge is 2.63. The van der Waals surface area contributed by atoms with Gasteiger partial charge in [-0.05, 0) is 116 Å². The van der Waals surface area contributed by atoms with E-state index in [0.717, 1.165) is 61.4 Å². The molecule has 1 heterocycles. The molecule has 0 aromatic rings. The minimum Gasteiger partial charge on any atom is -0.381 e. The van der Waals surface area contributed by atoms with Gasteiger partial charge in [0.05, 0.1) is 6.10 Å². The van der Waals surface area contributed by atoms with Crippen LogP contribution in [0.4, 0.5) is 0 Å². The van der Waals surface area contributed by atoms with E-state index in [4.69, 9.17) is 4.74 Å². The number of hydrogen-bond acceptors (Lipinski definition) is 2. The largest absolute Gasteiger partial charge is 0.381 e. The fraction of sp³-hybridized carbons (Fsp3) is 0.967. The predicted octanol–water partition coefficient (Wildman–Crippen LogP) is 6.95. The zero-order valence-electron chi connectivity index (χ0n) is 22.3. The summed E-state index contributed by atoms with van der Waals surface area (Å²) in [4.78, 5) is 14.8. The van der Waals surface area contributed by atoms with Crippen LogP contribution in [-0.4, -0.2) is 37.1 Å². The van der Waals surface area contributed by atoms with Gasteiger partial charge in [0.1, 0.15) is 0 Å². The Kier molecular flexibility index (Phi) is 6.69. The Balaban J connectivity index is 1.30. The highest BCUT2D eigenvalue weighted by atomic mass is 16.5. The van der Waals surface area contributed by atoms with Crippen molar-refractivity contribution in [3.63, 3.8) is 0 Å². The van der Waals surface area contributed by atoms with E-state index in [9.17, 15) is 4.79 Å². The van der Waals surface area contributed by atoms with E-state index in [-0.39, 0.29) is 0 Å². The molecule has 5 rings (SSSR count). The van der Waals surface area contributed by atoms with Gasteiger partial charge in [-0.2, -0.15) is 0 Å². The first-order valence-electron chi connectivity index (χ1n) is 14.6. The molecule has 188 valence electrons. The molecule has 33 heavy (non-hydrogen) atoms. The summed E-state index contributed by atoms with van der Waals surface area (Å²) in [5.74, 6) is 6.05. The minimum absolute atomic E-state index is 0.417. The van der Waals surface area contributed by atoms with Crippen LogP contribution in [0.25, 0.3) is 0 Å². The summed E-state index contributed by atoms with van der Waals surface area (Å²) in [7, 11) is 2.00. The molecule has 0 unspecified atom stereocenters. The van der Waals surface area contributed by atoms with Gasteiger partial charge in [-0.1, -0.05) is 34.1 Å². The van der Waals surface area contributed by atoms with Gasteiger partial charge >= 0.3 is 0 Å². The van der Waals surface area contributed by atoms with Crippen LogP contribution >= 0.6 is 0 Å². The number of methoxy groups -OCH3 is 1. The third kappa shape index (κ3) is 4.01. The van der Waals surface area contributed by atoms with Crippen molar-refractivity contribution < 1.29 is 9.53 Å². The van der Waals surface area contributed by atoms with Crippen molar-refractivity contribution in [2.24, 2.45) is 52.3 Å². The quantitative estimate of drug-likeness (QED) is 0.447. The zero-order valence-corrected chi connectivity index (χ0v) is 22.3. The van der Waals surface area contributed by atoms with Crippen LogP contribution < -0.4 is 0 Å². The second-order valence-corrected chi connectivity index (χ2v) is 13.7. The molecule has 1 aliphatic heterocycles. The maximum Gasteiger partial charge on any atom is 0.222 e. The van der Waals surface area contributed by atoms with Gasteiger partial charge in [0, 0.05) is 26.6 Å². The van der Waals surface area contributed by atoms with E-state index in [1.807, 2.05) is 7.11 Å². The highest BCUT2D eigenvalue weighted by molar-refractivity contribution is 5.76. The van der Waals surface area contributed by atoms with Crippen molar-refractivity contribution in [2.45, 2.75) is 111 Å². The lowest BCUT2D eigenvalue weighted by atomic mass is 9.43. The molecule has 4 saturated carbocycles. The molecule has 0 aromatic heterocycles. The lowest BCUT2D eigenvalue weighted by Gasteiger charge is -2.63. The smallest absolute Gasteiger partial charge is 0.222 e. The Morgan fingerprint density at radius 2 is 1.70 bits per heavy atom. The Labute approximate surface area is 203 Å². The number of nitrogens with zero attached hydrogens (tertiary/aromatic N) is 1. The molecule has 3 heteroatoms. The molecule has 0 bridgehead atoms. The Morgan fingerprint density at radius 1 is 1.00 bits per heavy atom. The van der Waals surface area contributed by atoms with E-state index >= 15 is 0 Å². The summed E-state index contributed by atoms with van der Waals surface area (Å²) in [5, 5.41) is 0. The molecule has 0 spiro atoms. The normalized spacial score (nSPS) is 48.2. The van der Waals surface area contributed by atoms with Crippen molar-refractivity contribution in [1.29, 1.82) is 0 Å². The highest BCUT2D eigenvalue weighted by Crippen LogP contribution is 2.69. The van der Waals surface area contributed by atoms with Crippen LogP contribution in [0.3, 0.4) is 0 Å². The van der Waals surface area contributed by atoms with E-state index in [2.05, 4.69) is 32.6 Å². The second-order valence-electron chi connectivity index (χ2n) is 13.7. The van der Waals surface area contributed by atoms with Crippen LogP contribution in [0.2, 0.25) is 0 Å². The molecule has 4 aliphatic carbocycles. The first kappa shape index (κ1) is 24.1. The van der Waals surface area contributed by atoms with Crippen molar-refractivity contribution in [3.8, 4) is 0 Å². The summed E-state index contributed by atoms with van der Waals surface area (Å²) >= 11 is 0. The van der Waals surface area contributed by atoms with Crippen molar-refractivity contribution in [3.05, 3.63) is 0 Å². The molecular formula is C30H51NO2. The molecule has 3 nitrogen and oxygen atoms in total. The zero-order chi connectivity index (χ0) is 23.4. The molecule has 5 aliphatic rings. The number of carbonyl (C=O) groups is 1. The van der Waals surface area contributed by atoms with Gasteiger partial charge in [0.2, 0.25) is 5.91 Å². The minimum atomic E-state index is 0.417. The van der Waals surface area contributed by atoms with Crippen LogP contribution in [0.15, 0.2) is 0 Å². The fourth-order valence-corrected chi connectivity index (χ4v) is 10.3. The van der Waals surface area contributed by atoms with E-state index in [1.54, 1.807) is 0 Å².